The summed E-state index contributed by atoms with van der Waals surface area (Å²) in [5, 5.41) is 80.3. The molecule has 12 heteroatoms. The van der Waals surface area contributed by atoms with E-state index in [0.717, 1.165) is 0 Å². The molecule has 2 aliphatic heterocycles. The van der Waals surface area contributed by atoms with E-state index in [1.807, 2.05) is 0 Å². The van der Waals surface area contributed by atoms with Crippen molar-refractivity contribution in [3.05, 3.63) is 29.8 Å². The average molecular weight is 483 g/mol. The zero-order valence-electron chi connectivity index (χ0n) is 18.0. The van der Waals surface area contributed by atoms with Crippen molar-refractivity contribution in [2.45, 2.75) is 67.5 Å². The number of benzene rings is 1. The first kappa shape index (κ1) is 26.5. The molecule has 0 unspecified atom stereocenters. The zero-order valence-corrected chi connectivity index (χ0v) is 18.0. The Labute approximate surface area is 195 Å². The topological polar surface area (TPSA) is 209 Å². The van der Waals surface area contributed by atoms with E-state index in [1.165, 1.54) is 0 Å². The van der Waals surface area contributed by atoms with Crippen LogP contribution < -0.4 is 5.32 Å². The highest BCUT2D eigenvalue weighted by molar-refractivity contribution is 5.91. The summed E-state index contributed by atoms with van der Waals surface area (Å²) in [6.45, 7) is -1.14. The summed E-state index contributed by atoms with van der Waals surface area (Å²) >= 11 is 0. The number of anilines is 1. The molecule has 2 saturated heterocycles. The molecule has 0 aliphatic carbocycles. The minimum atomic E-state index is -1.56. The van der Waals surface area contributed by atoms with Crippen LogP contribution in [0.3, 0.4) is 0 Å². The molecule has 188 valence electrons. The van der Waals surface area contributed by atoms with Crippen molar-refractivity contribution in [2.24, 2.45) is 0 Å². The summed E-state index contributed by atoms with van der Waals surface area (Å²) in [5.41, 5.74) is 0.886. The van der Waals surface area contributed by atoms with Gasteiger partial charge in [0.1, 0.15) is 54.9 Å². The van der Waals surface area contributed by atoms with Crippen LogP contribution in [-0.2, 0) is 14.3 Å². The van der Waals surface area contributed by atoms with E-state index >= 15 is 0 Å². The number of aliphatic hydroxyl groups excluding tert-OH is 8. The molecule has 0 spiro atoms. The van der Waals surface area contributed by atoms with Gasteiger partial charge in [0.15, 0.2) is 0 Å². The van der Waals surface area contributed by atoms with Crippen LogP contribution in [0.15, 0.2) is 24.3 Å². The predicted molar refractivity (Wildman–Crippen MR) is 114 cm³/mol. The second-order valence-electron chi connectivity index (χ2n) is 8.22. The van der Waals surface area contributed by atoms with E-state index in [2.05, 4.69) is 17.2 Å². The summed E-state index contributed by atoms with van der Waals surface area (Å²) in [7, 11) is 0. The van der Waals surface area contributed by atoms with Crippen LogP contribution in [-0.4, -0.2) is 121 Å². The number of ether oxygens (including phenoxy) is 2. The first-order valence-corrected chi connectivity index (χ1v) is 10.7. The van der Waals surface area contributed by atoms with Crippen molar-refractivity contribution in [3.8, 4) is 11.8 Å². The van der Waals surface area contributed by atoms with Crippen molar-refractivity contribution in [3.63, 3.8) is 0 Å². The number of nitrogens with one attached hydrogen (secondary N) is 1. The van der Waals surface area contributed by atoms with Gasteiger partial charge in [-0.3, -0.25) is 4.79 Å². The molecule has 1 aromatic carbocycles. The molecule has 9 N–H and O–H groups in total. The molecule has 0 aromatic heterocycles. The Morgan fingerprint density at radius 3 is 1.88 bits per heavy atom. The van der Waals surface area contributed by atoms with E-state index in [1.54, 1.807) is 24.3 Å². The van der Waals surface area contributed by atoms with Gasteiger partial charge in [0, 0.05) is 11.3 Å². The molecule has 12 nitrogen and oxygen atoms in total. The highest BCUT2D eigenvalue weighted by atomic mass is 16.5. The van der Waals surface area contributed by atoms with Gasteiger partial charge in [0.05, 0.1) is 25.7 Å². The summed E-state index contributed by atoms with van der Waals surface area (Å²) < 4.78 is 10.6. The lowest BCUT2D eigenvalue weighted by Gasteiger charge is -2.39. The maximum Gasteiger partial charge on any atom is 0.227 e. The van der Waals surface area contributed by atoms with E-state index in [0.29, 0.717) is 11.3 Å². The number of carbonyl (C=O) groups excluding carboxylic acids is 1. The Morgan fingerprint density at radius 1 is 0.765 bits per heavy atom. The standard InChI is InChI=1S/C22H29NO11/c24-8-14-19(29)21(31)17(27)12(33-14)6-3-10-1-4-11(5-2-10)23-16(26)7-13-18(28)22(32)20(30)15(9-25)34-13/h1-2,4-5,12-15,17-22,24-25,27-32H,7-9H2,(H,23,26)/t12-,13-,14-,15-,17-,18-,19-,20-,21-,22-/m1/s1. The molecule has 0 saturated carbocycles. The number of aliphatic hydroxyl groups is 8. The highest BCUT2D eigenvalue weighted by Gasteiger charge is 2.44. The van der Waals surface area contributed by atoms with E-state index in [9.17, 15) is 45.6 Å². The second-order valence-corrected chi connectivity index (χ2v) is 8.22. The minimum Gasteiger partial charge on any atom is -0.394 e. The fourth-order valence-corrected chi connectivity index (χ4v) is 3.75. The number of hydrogen-bond acceptors (Lipinski definition) is 11. The number of carbonyl (C=O) groups is 1. The third-order valence-electron chi connectivity index (χ3n) is 5.80. The highest BCUT2D eigenvalue weighted by Crippen LogP contribution is 2.24. The van der Waals surface area contributed by atoms with E-state index in [4.69, 9.17) is 9.47 Å². The van der Waals surface area contributed by atoms with Crippen molar-refractivity contribution in [1.82, 2.24) is 0 Å². The third kappa shape index (κ3) is 5.91. The monoisotopic (exact) mass is 483 g/mol. The van der Waals surface area contributed by atoms with Crippen LogP contribution in [0.5, 0.6) is 0 Å². The van der Waals surface area contributed by atoms with Crippen LogP contribution >= 0.6 is 0 Å². The predicted octanol–water partition coefficient (Wildman–Crippen LogP) is -3.95. The van der Waals surface area contributed by atoms with Crippen LogP contribution in [0.2, 0.25) is 0 Å². The smallest absolute Gasteiger partial charge is 0.227 e. The lowest BCUT2D eigenvalue weighted by atomic mass is 9.93. The molecule has 10 atom stereocenters. The first-order chi connectivity index (χ1) is 16.2. The van der Waals surface area contributed by atoms with Crippen molar-refractivity contribution in [1.29, 1.82) is 0 Å². The third-order valence-corrected chi connectivity index (χ3v) is 5.80. The largest absolute Gasteiger partial charge is 0.394 e. The van der Waals surface area contributed by atoms with Gasteiger partial charge in [-0.2, -0.15) is 0 Å². The normalized spacial score (nSPS) is 38.0. The Balaban J connectivity index is 1.58. The van der Waals surface area contributed by atoms with Gasteiger partial charge in [0.25, 0.3) is 0 Å². The molecule has 1 aromatic rings. The van der Waals surface area contributed by atoms with Crippen molar-refractivity contribution < 1.29 is 55.1 Å². The molecule has 0 bridgehead atoms. The SMILES string of the molecule is O=C(C[C@H]1O[C@H](CO)[C@@H](O)[C@H](O)[C@@H]1O)Nc1ccc(C#C[C@H]2O[C@H](CO)[C@@H](O)[C@H](O)[C@@H]2O)cc1. The number of rotatable bonds is 5. The van der Waals surface area contributed by atoms with Crippen LogP contribution in [0.1, 0.15) is 12.0 Å². The summed E-state index contributed by atoms with van der Waals surface area (Å²) in [6.07, 6.45) is -13.8. The summed E-state index contributed by atoms with van der Waals surface area (Å²) in [6, 6.07) is 6.23. The van der Waals surface area contributed by atoms with Gasteiger partial charge in [-0.1, -0.05) is 11.8 Å². The summed E-state index contributed by atoms with van der Waals surface area (Å²) in [5.74, 6) is 4.85. The molecule has 1 amide bonds. The number of hydrogen-bond donors (Lipinski definition) is 9. The second kappa shape index (κ2) is 11.5. The van der Waals surface area contributed by atoms with Crippen molar-refractivity contribution in [2.75, 3.05) is 18.5 Å². The Bertz CT molecular complexity index is 881. The van der Waals surface area contributed by atoms with Crippen LogP contribution in [0, 0.1) is 11.8 Å². The quantitative estimate of drug-likeness (QED) is 0.185. The molecule has 3 rings (SSSR count). The first-order valence-electron chi connectivity index (χ1n) is 10.7. The molecule has 2 fully saturated rings. The van der Waals surface area contributed by atoms with Gasteiger partial charge in [-0.05, 0) is 24.3 Å². The molecule has 2 aliphatic rings. The molecule has 34 heavy (non-hydrogen) atoms. The minimum absolute atomic E-state index is 0.333. The van der Waals surface area contributed by atoms with Gasteiger partial charge >= 0.3 is 0 Å². The summed E-state index contributed by atoms with van der Waals surface area (Å²) in [4.78, 5) is 12.3. The Kier molecular flexibility index (Phi) is 8.96. The van der Waals surface area contributed by atoms with Gasteiger partial charge in [0.2, 0.25) is 5.91 Å². The van der Waals surface area contributed by atoms with Gasteiger partial charge in [-0.15, -0.1) is 0 Å². The Hall–Kier alpha value is -2.15. The molecule has 0 radical (unpaired) electrons. The molecular weight excluding hydrogens is 454 g/mol. The fourth-order valence-electron chi connectivity index (χ4n) is 3.75. The van der Waals surface area contributed by atoms with Gasteiger partial charge in [-0.25, -0.2) is 0 Å². The Morgan fingerprint density at radius 2 is 1.29 bits per heavy atom. The maximum atomic E-state index is 12.3. The van der Waals surface area contributed by atoms with Gasteiger partial charge < -0.3 is 55.6 Å². The van der Waals surface area contributed by atoms with E-state index < -0.39 is 80.2 Å². The van der Waals surface area contributed by atoms with Crippen molar-refractivity contribution >= 4 is 11.6 Å². The van der Waals surface area contributed by atoms with E-state index in [-0.39, 0.29) is 6.42 Å². The number of amides is 1. The van der Waals surface area contributed by atoms with Crippen LogP contribution in [0.25, 0.3) is 0 Å². The zero-order chi connectivity index (χ0) is 25.0. The fraction of sp³-hybridized carbons (Fsp3) is 0.591. The van der Waals surface area contributed by atoms with Crippen LogP contribution in [0.4, 0.5) is 5.69 Å². The lowest BCUT2D eigenvalue weighted by molar-refractivity contribution is -0.229. The maximum absolute atomic E-state index is 12.3. The average Bonchev–Trinajstić information content (AvgIpc) is 2.83. The molecule has 2 heterocycles. The molecular formula is C22H29NO11. The lowest BCUT2D eigenvalue weighted by Crippen LogP contribution is -2.59.